The smallest absolute Gasteiger partial charge is 0.337 e. The normalized spacial score (nSPS) is 10.2. The number of carboxylic acid groups (broad SMARTS) is 1. The molecule has 0 aliphatic heterocycles. The van der Waals surface area contributed by atoms with Crippen LogP contribution in [0, 0.1) is 5.82 Å². The van der Waals surface area contributed by atoms with E-state index in [-0.39, 0.29) is 16.8 Å². The Kier molecular flexibility index (Phi) is 2.70. The molecule has 86 valence electrons. The Labute approximate surface area is 95.8 Å². The largest absolute Gasteiger partial charge is 0.478 e. The topological polar surface area (TPSA) is 89.1 Å². The van der Waals surface area contributed by atoms with Crippen LogP contribution in [0.25, 0.3) is 11.3 Å². The molecule has 1 aromatic heterocycles. The van der Waals surface area contributed by atoms with Crippen LogP contribution in [0.3, 0.4) is 0 Å². The fraction of sp³-hybridized carbons (Fsp3) is 0. The molecule has 0 saturated heterocycles. The quantitative estimate of drug-likeness (QED) is 0.768. The van der Waals surface area contributed by atoms with Crippen LogP contribution in [-0.4, -0.2) is 21.0 Å². The summed E-state index contributed by atoms with van der Waals surface area (Å²) in [6, 6.07) is 3.62. The lowest BCUT2D eigenvalue weighted by molar-refractivity contribution is 0.0698. The number of nitrogen functional groups attached to an aromatic ring is 1. The molecule has 5 nitrogen and oxygen atoms in total. The van der Waals surface area contributed by atoms with Gasteiger partial charge in [0.1, 0.15) is 12.1 Å². The van der Waals surface area contributed by atoms with Crippen molar-refractivity contribution in [3.8, 4) is 11.3 Å². The van der Waals surface area contributed by atoms with Crippen molar-refractivity contribution >= 4 is 11.7 Å². The van der Waals surface area contributed by atoms with Gasteiger partial charge in [-0.15, -0.1) is 0 Å². The van der Waals surface area contributed by atoms with Crippen LogP contribution in [0.5, 0.6) is 0 Å². The molecule has 3 N–H and O–H groups in total. The molecule has 0 bridgehead atoms. The predicted octanol–water partition coefficient (Wildman–Crippen LogP) is 1.56. The lowest BCUT2D eigenvalue weighted by Gasteiger charge is -2.06. The fourth-order valence-corrected chi connectivity index (χ4v) is 1.42. The summed E-state index contributed by atoms with van der Waals surface area (Å²) in [7, 11) is 0. The highest BCUT2D eigenvalue weighted by Crippen LogP contribution is 2.25. The molecule has 0 spiro atoms. The standard InChI is InChI=1S/C11H8FN3O2/c12-8-4-9(13)7(11(16)17)3-6(8)10-1-2-14-5-15-10/h1-5H,13H2,(H,16,17). The second-order valence-corrected chi connectivity index (χ2v) is 3.32. The van der Waals surface area contributed by atoms with Gasteiger partial charge in [0.15, 0.2) is 0 Å². The second kappa shape index (κ2) is 4.17. The number of benzene rings is 1. The lowest BCUT2D eigenvalue weighted by atomic mass is 10.1. The summed E-state index contributed by atoms with van der Waals surface area (Å²) < 4.78 is 13.6. The maximum absolute atomic E-state index is 13.6. The van der Waals surface area contributed by atoms with Crippen LogP contribution in [0.2, 0.25) is 0 Å². The molecule has 0 aliphatic rings. The number of hydrogen-bond acceptors (Lipinski definition) is 4. The Morgan fingerprint density at radius 3 is 2.76 bits per heavy atom. The predicted molar refractivity (Wildman–Crippen MR) is 58.8 cm³/mol. The highest BCUT2D eigenvalue weighted by Gasteiger charge is 2.14. The van der Waals surface area contributed by atoms with Gasteiger partial charge in [0.2, 0.25) is 0 Å². The lowest BCUT2D eigenvalue weighted by Crippen LogP contribution is -2.04. The van der Waals surface area contributed by atoms with E-state index in [1.165, 1.54) is 18.6 Å². The summed E-state index contributed by atoms with van der Waals surface area (Å²) in [5.74, 6) is -1.83. The summed E-state index contributed by atoms with van der Waals surface area (Å²) in [5.41, 5.74) is 5.53. The number of hydrogen-bond donors (Lipinski definition) is 2. The Balaban J connectivity index is 2.63. The maximum Gasteiger partial charge on any atom is 0.337 e. The van der Waals surface area contributed by atoms with E-state index >= 15 is 0 Å². The van der Waals surface area contributed by atoms with Gasteiger partial charge in [0.25, 0.3) is 0 Å². The minimum absolute atomic E-state index is 0.0824. The molecule has 0 unspecified atom stereocenters. The molecule has 0 radical (unpaired) electrons. The van der Waals surface area contributed by atoms with Gasteiger partial charge in [-0.1, -0.05) is 0 Å². The first-order valence-electron chi connectivity index (χ1n) is 4.68. The number of nitrogens with two attached hydrogens (primary N) is 1. The summed E-state index contributed by atoms with van der Waals surface area (Å²) in [6.45, 7) is 0. The van der Waals surface area contributed by atoms with Crippen molar-refractivity contribution in [1.82, 2.24) is 9.97 Å². The van der Waals surface area contributed by atoms with Crippen LogP contribution >= 0.6 is 0 Å². The zero-order valence-electron chi connectivity index (χ0n) is 8.59. The zero-order chi connectivity index (χ0) is 12.4. The average Bonchev–Trinajstić information content (AvgIpc) is 2.29. The first-order valence-corrected chi connectivity index (χ1v) is 4.68. The van der Waals surface area contributed by atoms with Gasteiger partial charge in [0, 0.05) is 17.4 Å². The summed E-state index contributed by atoms with van der Waals surface area (Å²) in [6.07, 6.45) is 2.70. The first kappa shape index (κ1) is 11.0. The van der Waals surface area contributed by atoms with Crippen LogP contribution < -0.4 is 5.73 Å². The van der Waals surface area contributed by atoms with Crippen LogP contribution in [0.1, 0.15) is 10.4 Å². The van der Waals surface area contributed by atoms with Gasteiger partial charge in [0.05, 0.1) is 11.3 Å². The molecule has 6 heteroatoms. The molecule has 17 heavy (non-hydrogen) atoms. The van der Waals surface area contributed by atoms with Crippen LogP contribution in [-0.2, 0) is 0 Å². The molecule has 0 atom stereocenters. The van der Waals surface area contributed by atoms with Crippen molar-refractivity contribution in [3.63, 3.8) is 0 Å². The number of aromatic nitrogens is 2. The second-order valence-electron chi connectivity index (χ2n) is 3.32. The zero-order valence-corrected chi connectivity index (χ0v) is 8.59. The van der Waals surface area contributed by atoms with Crippen molar-refractivity contribution in [3.05, 3.63) is 42.1 Å². The molecule has 2 aromatic rings. The van der Waals surface area contributed by atoms with Gasteiger partial charge in [-0.05, 0) is 18.2 Å². The highest BCUT2D eigenvalue weighted by molar-refractivity contribution is 5.95. The Morgan fingerprint density at radius 1 is 1.41 bits per heavy atom. The highest BCUT2D eigenvalue weighted by atomic mass is 19.1. The summed E-state index contributed by atoms with van der Waals surface area (Å²) in [4.78, 5) is 18.4. The van der Waals surface area contributed by atoms with E-state index in [4.69, 9.17) is 10.8 Å². The van der Waals surface area contributed by atoms with E-state index in [0.717, 1.165) is 12.1 Å². The minimum Gasteiger partial charge on any atom is -0.478 e. The third-order valence-corrected chi connectivity index (χ3v) is 2.23. The molecule has 0 amide bonds. The molecule has 1 aromatic carbocycles. The van der Waals surface area contributed by atoms with E-state index in [1.807, 2.05) is 0 Å². The van der Waals surface area contributed by atoms with Gasteiger partial charge in [-0.2, -0.15) is 0 Å². The van der Waals surface area contributed by atoms with Crippen molar-refractivity contribution in [1.29, 1.82) is 0 Å². The Bertz CT molecular complexity index is 572. The fourth-order valence-electron chi connectivity index (χ4n) is 1.42. The minimum atomic E-state index is -1.21. The van der Waals surface area contributed by atoms with Crippen molar-refractivity contribution in [2.24, 2.45) is 0 Å². The number of anilines is 1. The number of carbonyl (C=O) groups is 1. The SMILES string of the molecule is Nc1cc(F)c(-c2ccncn2)cc1C(=O)O. The third kappa shape index (κ3) is 2.05. The van der Waals surface area contributed by atoms with Gasteiger partial charge < -0.3 is 10.8 Å². The molecular weight excluding hydrogens is 225 g/mol. The first-order chi connectivity index (χ1) is 8.09. The van der Waals surface area contributed by atoms with E-state index in [2.05, 4.69) is 9.97 Å². The average molecular weight is 233 g/mol. The van der Waals surface area contributed by atoms with Gasteiger partial charge in [-0.3, -0.25) is 0 Å². The van der Waals surface area contributed by atoms with E-state index in [1.54, 1.807) is 0 Å². The van der Waals surface area contributed by atoms with Crippen LogP contribution in [0.4, 0.5) is 10.1 Å². The summed E-state index contributed by atoms with van der Waals surface area (Å²) >= 11 is 0. The van der Waals surface area contributed by atoms with Gasteiger partial charge >= 0.3 is 5.97 Å². The molecule has 0 saturated carbocycles. The van der Waals surface area contributed by atoms with Crippen molar-refractivity contribution in [2.45, 2.75) is 0 Å². The van der Waals surface area contributed by atoms with E-state index in [9.17, 15) is 9.18 Å². The molecular formula is C11H8FN3O2. The number of aromatic carboxylic acids is 1. The Morgan fingerprint density at radius 2 is 2.18 bits per heavy atom. The monoisotopic (exact) mass is 233 g/mol. The number of carboxylic acids is 1. The number of halogens is 1. The van der Waals surface area contributed by atoms with Crippen LogP contribution in [0.15, 0.2) is 30.7 Å². The Hall–Kier alpha value is -2.50. The molecule has 0 aliphatic carbocycles. The third-order valence-electron chi connectivity index (χ3n) is 2.23. The van der Waals surface area contributed by atoms with Gasteiger partial charge in [-0.25, -0.2) is 19.2 Å². The van der Waals surface area contributed by atoms with Crippen molar-refractivity contribution < 1.29 is 14.3 Å². The number of nitrogens with zero attached hydrogens (tertiary/aromatic N) is 2. The molecule has 1 heterocycles. The van der Waals surface area contributed by atoms with E-state index < -0.39 is 11.8 Å². The summed E-state index contributed by atoms with van der Waals surface area (Å²) in [5, 5.41) is 8.89. The number of rotatable bonds is 2. The molecule has 2 rings (SSSR count). The van der Waals surface area contributed by atoms with Crippen molar-refractivity contribution in [2.75, 3.05) is 5.73 Å². The maximum atomic E-state index is 13.6. The molecule has 0 fully saturated rings. The van der Waals surface area contributed by atoms with E-state index in [0.29, 0.717) is 5.69 Å².